The van der Waals surface area contributed by atoms with Gasteiger partial charge in [0.05, 0.1) is 6.67 Å². The van der Waals surface area contributed by atoms with Crippen molar-refractivity contribution in [3.8, 4) is 0 Å². The number of carbonyl (C=O) groups excluding carboxylic acids is 2. The number of hydrogen-bond donors (Lipinski definition) is 2. The Balaban J connectivity index is 2.07. The van der Waals surface area contributed by atoms with Crippen molar-refractivity contribution in [2.24, 2.45) is 5.92 Å². The molecule has 2 aromatic carbocycles. The van der Waals surface area contributed by atoms with Gasteiger partial charge in [0.25, 0.3) is 0 Å². The maximum absolute atomic E-state index is 12.2. The molecule has 2 aromatic rings. The normalized spacial score (nSPS) is 11.9. The van der Waals surface area contributed by atoms with Crippen molar-refractivity contribution in [2.75, 3.05) is 6.67 Å². The average molecular weight is 298 g/mol. The van der Waals surface area contributed by atoms with Gasteiger partial charge in [-0.05, 0) is 29.2 Å². The van der Waals surface area contributed by atoms with Gasteiger partial charge in [-0.1, -0.05) is 55.8 Å². The van der Waals surface area contributed by atoms with E-state index < -0.39 is 0 Å². The zero-order valence-electron chi connectivity index (χ0n) is 12.8. The largest absolute Gasteiger partial charge is 0.341 e. The van der Waals surface area contributed by atoms with E-state index in [0.717, 1.165) is 18.4 Å². The van der Waals surface area contributed by atoms with Gasteiger partial charge < -0.3 is 10.6 Å². The van der Waals surface area contributed by atoms with Crippen molar-refractivity contribution >= 4 is 23.1 Å². The van der Waals surface area contributed by atoms with Crippen LogP contribution >= 0.6 is 0 Å². The van der Waals surface area contributed by atoms with Gasteiger partial charge in [-0.15, -0.1) is 0 Å². The van der Waals surface area contributed by atoms with Crippen molar-refractivity contribution < 1.29 is 9.59 Å². The molecular formula is C18H22N2O2. The Labute approximate surface area is 130 Å². The summed E-state index contributed by atoms with van der Waals surface area (Å²) in [5.41, 5.74) is 1.16. The lowest BCUT2D eigenvalue weighted by Crippen LogP contribution is -2.38. The lowest BCUT2D eigenvalue weighted by Gasteiger charge is -2.16. The summed E-state index contributed by atoms with van der Waals surface area (Å²) in [4.78, 5) is 22.4. The number of amides is 2. The first-order valence-corrected chi connectivity index (χ1v) is 7.67. The van der Waals surface area contributed by atoms with Crippen LogP contribution in [0.1, 0.15) is 25.3 Å². The second kappa shape index (κ2) is 8.17. The first-order valence-electron chi connectivity index (χ1n) is 7.67. The Hall–Kier alpha value is -2.36. The van der Waals surface area contributed by atoms with E-state index in [9.17, 15) is 9.59 Å². The molecule has 0 aliphatic carbocycles. The van der Waals surface area contributed by atoms with Crippen LogP contribution in [-0.4, -0.2) is 19.0 Å². The van der Waals surface area contributed by atoms with E-state index >= 15 is 0 Å². The third kappa shape index (κ3) is 4.32. The fraction of sp³-hybridized carbons (Fsp3) is 0.333. The molecule has 4 heteroatoms. The highest BCUT2D eigenvalue weighted by Gasteiger charge is 2.17. The second-order valence-electron chi connectivity index (χ2n) is 5.41. The predicted octanol–water partition coefficient (Wildman–Crippen LogP) is 2.62. The summed E-state index contributed by atoms with van der Waals surface area (Å²) in [6.45, 7) is 2.25. The molecule has 4 nitrogen and oxygen atoms in total. The zero-order chi connectivity index (χ0) is 15.8. The van der Waals surface area contributed by atoms with Gasteiger partial charge in [0.1, 0.15) is 0 Å². The molecule has 1 atom stereocenters. The second-order valence-corrected chi connectivity index (χ2v) is 5.41. The van der Waals surface area contributed by atoms with Crippen LogP contribution in [0.15, 0.2) is 42.5 Å². The molecule has 0 aromatic heterocycles. The smallest absolute Gasteiger partial charge is 0.224 e. The molecule has 0 bridgehead atoms. The molecule has 0 saturated carbocycles. The van der Waals surface area contributed by atoms with Crippen LogP contribution in [-0.2, 0) is 16.0 Å². The predicted molar refractivity (Wildman–Crippen MR) is 88.3 cm³/mol. The Morgan fingerprint density at radius 2 is 1.95 bits per heavy atom. The van der Waals surface area contributed by atoms with E-state index in [1.165, 1.54) is 10.8 Å². The van der Waals surface area contributed by atoms with Gasteiger partial charge >= 0.3 is 0 Å². The summed E-state index contributed by atoms with van der Waals surface area (Å²) in [6.07, 6.45) is 3.08. The lowest BCUT2D eigenvalue weighted by atomic mass is 9.93. The maximum Gasteiger partial charge on any atom is 0.224 e. The number of rotatable bonds is 8. The average Bonchev–Trinajstić information content (AvgIpc) is 2.54. The molecule has 0 radical (unpaired) electrons. The van der Waals surface area contributed by atoms with Crippen molar-refractivity contribution in [3.05, 3.63) is 48.0 Å². The minimum absolute atomic E-state index is 0.00985. The molecule has 0 aliphatic rings. The summed E-state index contributed by atoms with van der Waals surface area (Å²) in [6, 6.07) is 14.5. The van der Waals surface area contributed by atoms with Crippen LogP contribution < -0.4 is 10.6 Å². The summed E-state index contributed by atoms with van der Waals surface area (Å²) in [7, 11) is 0. The van der Waals surface area contributed by atoms with E-state index in [0.29, 0.717) is 12.8 Å². The molecule has 0 saturated heterocycles. The summed E-state index contributed by atoms with van der Waals surface area (Å²) < 4.78 is 0. The van der Waals surface area contributed by atoms with Gasteiger partial charge in [-0.2, -0.15) is 0 Å². The number of fused-ring (bicyclic) bond motifs is 1. The van der Waals surface area contributed by atoms with Gasteiger partial charge in [0, 0.05) is 5.92 Å². The first kappa shape index (κ1) is 16.0. The van der Waals surface area contributed by atoms with Crippen LogP contribution in [0.5, 0.6) is 0 Å². The van der Waals surface area contributed by atoms with Gasteiger partial charge in [0.15, 0.2) is 0 Å². The number of benzene rings is 2. The summed E-state index contributed by atoms with van der Waals surface area (Å²) >= 11 is 0. The molecule has 0 aliphatic heterocycles. The Kier molecular flexibility index (Phi) is 5.95. The summed E-state index contributed by atoms with van der Waals surface area (Å²) in [5.74, 6) is -0.0797. The molecular weight excluding hydrogens is 276 g/mol. The third-order valence-electron chi connectivity index (χ3n) is 3.75. The standard InChI is InChI=1S/C18H22N2O2/c1-2-5-17(18(22)20-12-19-13-21)11-14-8-9-15-6-3-4-7-16(15)10-14/h3-4,6-10,13,17H,2,5,11-12H2,1H3,(H,19,21)(H,20,22)/t17-/m1/s1. The first-order chi connectivity index (χ1) is 10.7. The molecule has 2 amide bonds. The van der Waals surface area contributed by atoms with Crippen LogP contribution in [0, 0.1) is 5.92 Å². The van der Waals surface area contributed by atoms with E-state index in [1.807, 2.05) is 12.1 Å². The van der Waals surface area contributed by atoms with Gasteiger partial charge in [-0.25, -0.2) is 0 Å². The number of carbonyl (C=O) groups is 2. The van der Waals surface area contributed by atoms with Crippen molar-refractivity contribution in [1.29, 1.82) is 0 Å². The lowest BCUT2D eigenvalue weighted by molar-refractivity contribution is -0.125. The quantitative estimate of drug-likeness (QED) is 0.447. The minimum atomic E-state index is -0.0698. The molecule has 0 spiro atoms. The van der Waals surface area contributed by atoms with E-state index in [2.05, 4.69) is 47.9 Å². The molecule has 0 fully saturated rings. The van der Waals surface area contributed by atoms with Crippen LogP contribution in [0.2, 0.25) is 0 Å². The van der Waals surface area contributed by atoms with Gasteiger partial charge in [0.2, 0.25) is 12.3 Å². The molecule has 0 unspecified atom stereocenters. The topological polar surface area (TPSA) is 58.2 Å². The van der Waals surface area contributed by atoms with Crippen LogP contribution in [0.25, 0.3) is 10.8 Å². The van der Waals surface area contributed by atoms with Crippen LogP contribution in [0.4, 0.5) is 0 Å². The summed E-state index contributed by atoms with van der Waals surface area (Å²) in [5, 5.41) is 7.60. The highest BCUT2D eigenvalue weighted by Crippen LogP contribution is 2.20. The maximum atomic E-state index is 12.2. The third-order valence-corrected chi connectivity index (χ3v) is 3.75. The highest BCUT2D eigenvalue weighted by molar-refractivity contribution is 5.83. The zero-order valence-corrected chi connectivity index (χ0v) is 12.8. The monoisotopic (exact) mass is 298 g/mol. The van der Waals surface area contributed by atoms with E-state index in [4.69, 9.17) is 0 Å². The van der Waals surface area contributed by atoms with Crippen LogP contribution in [0.3, 0.4) is 0 Å². The van der Waals surface area contributed by atoms with Gasteiger partial charge in [-0.3, -0.25) is 9.59 Å². The highest BCUT2D eigenvalue weighted by atomic mass is 16.2. The molecule has 22 heavy (non-hydrogen) atoms. The van der Waals surface area contributed by atoms with E-state index in [-0.39, 0.29) is 18.5 Å². The fourth-order valence-electron chi connectivity index (χ4n) is 2.65. The molecule has 0 heterocycles. The minimum Gasteiger partial charge on any atom is -0.341 e. The number of hydrogen-bond acceptors (Lipinski definition) is 2. The Bertz CT molecular complexity index is 640. The Morgan fingerprint density at radius 1 is 1.18 bits per heavy atom. The molecule has 2 rings (SSSR count). The van der Waals surface area contributed by atoms with Crippen molar-refractivity contribution in [3.63, 3.8) is 0 Å². The number of nitrogens with one attached hydrogen (secondary N) is 2. The Morgan fingerprint density at radius 3 is 2.68 bits per heavy atom. The SMILES string of the molecule is CCC[C@H](Cc1ccc2ccccc2c1)C(=O)NCNC=O. The molecule has 116 valence electrons. The van der Waals surface area contributed by atoms with Crippen molar-refractivity contribution in [1.82, 2.24) is 10.6 Å². The fourth-order valence-corrected chi connectivity index (χ4v) is 2.65. The van der Waals surface area contributed by atoms with Crippen molar-refractivity contribution in [2.45, 2.75) is 26.2 Å². The molecule has 2 N–H and O–H groups in total. The van der Waals surface area contributed by atoms with E-state index in [1.54, 1.807) is 0 Å².